The van der Waals surface area contributed by atoms with Crippen molar-refractivity contribution < 1.29 is 8.78 Å². The number of nitrogens with zero attached hydrogens (tertiary/aromatic N) is 2. The van der Waals surface area contributed by atoms with Crippen LogP contribution in [0.3, 0.4) is 0 Å². The van der Waals surface area contributed by atoms with Gasteiger partial charge in [-0.15, -0.1) is 0 Å². The van der Waals surface area contributed by atoms with Gasteiger partial charge in [-0.25, -0.2) is 13.8 Å². The predicted molar refractivity (Wildman–Crippen MR) is 63.8 cm³/mol. The van der Waals surface area contributed by atoms with E-state index in [2.05, 4.69) is 31.2 Å². The third kappa shape index (κ3) is 2.68. The van der Waals surface area contributed by atoms with Crippen LogP contribution in [0, 0.1) is 11.6 Å². The number of hydrogen-bond donors (Lipinski definition) is 2. The number of halogens is 3. The predicted octanol–water partition coefficient (Wildman–Crippen LogP) is 2.84. The molecule has 0 radical (unpaired) electrons. The van der Waals surface area contributed by atoms with E-state index in [9.17, 15) is 8.78 Å². The smallest absolute Gasteiger partial charge is 0.229 e. The molecule has 0 aliphatic heterocycles. The molecule has 88 valence electrons. The average Bonchev–Trinajstić information content (AvgIpc) is 2.23. The second-order valence-corrected chi connectivity index (χ2v) is 4.09. The van der Waals surface area contributed by atoms with Crippen LogP contribution in [0.1, 0.15) is 0 Å². The van der Waals surface area contributed by atoms with Crippen LogP contribution in [0.2, 0.25) is 0 Å². The van der Waals surface area contributed by atoms with E-state index in [1.54, 1.807) is 0 Å². The van der Waals surface area contributed by atoms with Crippen molar-refractivity contribution in [3.8, 4) is 0 Å². The molecule has 0 bridgehead atoms. The third-order valence-corrected chi connectivity index (χ3v) is 2.38. The first-order chi connectivity index (χ1) is 8.06. The zero-order chi connectivity index (χ0) is 12.4. The van der Waals surface area contributed by atoms with E-state index in [-0.39, 0.29) is 17.5 Å². The summed E-state index contributed by atoms with van der Waals surface area (Å²) >= 11 is 2.99. The van der Waals surface area contributed by atoms with Crippen LogP contribution >= 0.6 is 15.9 Å². The van der Waals surface area contributed by atoms with Crippen LogP contribution in [-0.2, 0) is 0 Å². The second-order valence-electron chi connectivity index (χ2n) is 3.17. The van der Waals surface area contributed by atoms with Crippen molar-refractivity contribution in [3.05, 3.63) is 40.5 Å². The van der Waals surface area contributed by atoms with Gasteiger partial charge in [-0.2, -0.15) is 4.98 Å². The van der Waals surface area contributed by atoms with Crippen molar-refractivity contribution >= 4 is 33.4 Å². The van der Waals surface area contributed by atoms with Crippen molar-refractivity contribution in [2.75, 3.05) is 11.1 Å². The minimum absolute atomic E-state index is 0.0325. The maximum absolute atomic E-state index is 13.5. The van der Waals surface area contributed by atoms with Crippen LogP contribution in [-0.4, -0.2) is 9.97 Å². The number of nitrogen functional groups attached to an aromatic ring is 1. The Morgan fingerprint density at radius 3 is 2.47 bits per heavy atom. The molecule has 0 amide bonds. The first-order valence-corrected chi connectivity index (χ1v) is 5.35. The fourth-order valence-corrected chi connectivity index (χ4v) is 1.61. The molecule has 3 N–H and O–H groups in total. The second kappa shape index (κ2) is 4.62. The summed E-state index contributed by atoms with van der Waals surface area (Å²) in [5.74, 6) is -1.25. The van der Waals surface area contributed by atoms with E-state index in [0.29, 0.717) is 4.47 Å². The molecule has 0 unspecified atom stereocenters. The van der Waals surface area contributed by atoms with Gasteiger partial charge in [0, 0.05) is 10.7 Å². The maximum atomic E-state index is 13.5. The van der Waals surface area contributed by atoms with Crippen molar-refractivity contribution in [3.63, 3.8) is 0 Å². The molecule has 1 aromatic heterocycles. The molecule has 7 heteroatoms. The SMILES string of the molecule is Nc1ccnc(Nc2c(F)cc(Br)cc2F)n1. The molecule has 0 atom stereocenters. The lowest BCUT2D eigenvalue weighted by Crippen LogP contribution is -2.03. The number of nitrogens with one attached hydrogen (secondary N) is 1. The summed E-state index contributed by atoms with van der Waals surface area (Å²) in [6, 6.07) is 3.74. The molecule has 1 aromatic carbocycles. The lowest BCUT2D eigenvalue weighted by atomic mass is 10.3. The van der Waals surface area contributed by atoms with Gasteiger partial charge in [-0.1, -0.05) is 15.9 Å². The molecule has 0 spiro atoms. The summed E-state index contributed by atoms with van der Waals surface area (Å²) < 4.78 is 27.3. The Morgan fingerprint density at radius 1 is 1.24 bits per heavy atom. The number of nitrogens with two attached hydrogens (primary N) is 1. The molecule has 2 rings (SSSR count). The zero-order valence-electron chi connectivity index (χ0n) is 8.42. The maximum Gasteiger partial charge on any atom is 0.229 e. The van der Waals surface area contributed by atoms with Gasteiger partial charge in [0.15, 0.2) is 11.6 Å². The Balaban J connectivity index is 2.36. The molecule has 0 fully saturated rings. The fourth-order valence-electron chi connectivity index (χ4n) is 1.21. The van der Waals surface area contributed by atoms with Crippen molar-refractivity contribution in [2.45, 2.75) is 0 Å². The summed E-state index contributed by atoms with van der Waals surface area (Å²) in [6.07, 6.45) is 1.39. The largest absolute Gasteiger partial charge is 0.384 e. The van der Waals surface area contributed by atoms with E-state index < -0.39 is 11.6 Å². The number of aromatic nitrogens is 2. The first kappa shape index (κ1) is 11.7. The highest BCUT2D eigenvalue weighted by atomic mass is 79.9. The summed E-state index contributed by atoms with van der Waals surface area (Å²) in [6.45, 7) is 0. The molecule has 4 nitrogen and oxygen atoms in total. The average molecular weight is 301 g/mol. The molecule has 0 aliphatic carbocycles. The lowest BCUT2D eigenvalue weighted by Gasteiger charge is -2.07. The first-order valence-electron chi connectivity index (χ1n) is 4.56. The van der Waals surface area contributed by atoms with E-state index >= 15 is 0 Å². The van der Waals surface area contributed by atoms with Crippen molar-refractivity contribution in [1.29, 1.82) is 0 Å². The highest BCUT2D eigenvalue weighted by Crippen LogP contribution is 2.25. The van der Waals surface area contributed by atoms with Gasteiger partial charge >= 0.3 is 0 Å². The third-order valence-electron chi connectivity index (χ3n) is 1.92. The number of anilines is 3. The summed E-state index contributed by atoms with van der Waals surface area (Å²) in [5, 5.41) is 2.44. The quantitative estimate of drug-likeness (QED) is 0.895. The van der Waals surface area contributed by atoms with Crippen LogP contribution in [0.25, 0.3) is 0 Å². The van der Waals surface area contributed by atoms with Crippen molar-refractivity contribution in [1.82, 2.24) is 9.97 Å². The van der Waals surface area contributed by atoms with E-state index in [4.69, 9.17) is 5.73 Å². The summed E-state index contributed by atoms with van der Waals surface area (Å²) in [4.78, 5) is 7.58. The standard InChI is InChI=1S/C10H7BrF2N4/c11-5-3-6(12)9(7(13)4-5)17-10-15-2-1-8(14)16-10/h1-4H,(H3,14,15,16,17). The highest BCUT2D eigenvalue weighted by molar-refractivity contribution is 9.10. The van der Waals surface area contributed by atoms with Gasteiger partial charge in [0.1, 0.15) is 11.5 Å². The fraction of sp³-hybridized carbons (Fsp3) is 0. The minimum Gasteiger partial charge on any atom is -0.384 e. The highest BCUT2D eigenvalue weighted by Gasteiger charge is 2.11. The van der Waals surface area contributed by atoms with Gasteiger partial charge in [-0.05, 0) is 18.2 Å². The van der Waals surface area contributed by atoms with Gasteiger partial charge in [0.2, 0.25) is 5.95 Å². The summed E-state index contributed by atoms with van der Waals surface area (Å²) in [5.41, 5.74) is 5.11. The van der Waals surface area contributed by atoms with E-state index in [1.807, 2.05) is 0 Å². The van der Waals surface area contributed by atoms with Crippen LogP contribution in [0.15, 0.2) is 28.9 Å². The Hall–Kier alpha value is -1.76. The molecular formula is C10H7BrF2N4. The number of hydrogen-bond acceptors (Lipinski definition) is 4. The van der Waals surface area contributed by atoms with Crippen LogP contribution < -0.4 is 11.1 Å². The number of benzene rings is 1. The van der Waals surface area contributed by atoms with Gasteiger partial charge in [-0.3, -0.25) is 0 Å². The molecule has 0 saturated heterocycles. The molecular weight excluding hydrogens is 294 g/mol. The van der Waals surface area contributed by atoms with Gasteiger partial charge in [0.05, 0.1) is 0 Å². The Kier molecular flexibility index (Phi) is 3.19. The molecule has 17 heavy (non-hydrogen) atoms. The molecule has 2 aromatic rings. The van der Waals surface area contributed by atoms with E-state index in [0.717, 1.165) is 12.1 Å². The minimum atomic E-state index is -0.747. The molecule has 0 saturated carbocycles. The Bertz CT molecular complexity index is 539. The Morgan fingerprint density at radius 2 is 1.88 bits per heavy atom. The van der Waals surface area contributed by atoms with E-state index in [1.165, 1.54) is 12.3 Å². The van der Waals surface area contributed by atoms with Crippen LogP contribution in [0.5, 0.6) is 0 Å². The van der Waals surface area contributed by atoms with Gasteiger partial charge in [0.25, 0.3) is 0 Å². The van der Waals surface area contributed by atoms with Crippen molar-refractivity contribution in [2.24, 2.45) is 0 Å². The summed E-state index contributed by atoms with van der Waals surface area (Å²) in [7, 11) is 0. The lowest BCUT2D eigenvalue weighted by molar-refractivity contribution is 0.589. The van der Waals surface area contributed by atoms with Gasteiger partial charge < -0.3 is 11.1 Å². The topological polar surface area (TPSA) is 63.8 Å². The molecule has 1 heterocycles. The van der Waals surface area contributed by atoms with Crippen LogP contribution in [0.4, 0.5) is 26.2 Å². The normalized spacial score (nSPS) is 10.3. The Labute approximate surface area is 104 Å². The zero-order valence-corrected chi connectivity index (χ0v) is 10.0. The number of rotatable bonds is 2. The molecule has 0 aliphatic rings. The monoisotopic (exact) mass is 300 g/mol.